The third-order valence-electron chi connectivity index (χ3n) is 5.78. The van der Waals surface area contributed by atoms with Crippen molar-refractivity contribution in [3.63, 3.8) is 0 Å². The number of hydrogen-bond acceptors (Lipinski definition) is 3. The lowest BCUT2D eigenvalue weighted by Crippen LogP contribution is -2.51. The molecule has 1 saturated heterocycles. The first-order chi connectivity index (χ1) is 12.0. The Hall–Kier alpha value is -1.69. The average Bonchev–Trinajstić information content (AvgIpc) is 2.87. The fourth-order valence-electron chi connectivity index (χ4n) is 4.28. The van der Waals surface area contributed by atoms with Crippen molar-refractivity contribution in [1.29, 1.82) is 0 Å². The number of nitrogens with zero attached hydrogens (tertiary/aromatic N) is 2. The van der Waals surface area contributed by atoms with Gasteiger partial charge >= 0.3 is 0 Å². The number of likely N-dealkylation sites (N-methyl/N-ethyl adjacent to an activating group) is 1. The summed E-state index contributed by atoms with van der Waals surface area (Å²) in [6, 6.07) is 17.1. The highest BCUT2D eigenvalue weighted by Crippen LogP contribution is 2.37. The predicted octanol–water partition coefficient (Wildman–Crippen LogP) is 2.90. The van der Waals surface area contributed by atoms with Crippen LogP contribution in [0.5, 0.6) is 0 Å². The molecule has 0 saturated carbocycles. The maximum atomic E-state index is 13.3. The molecule has 2 aromatic rings. The molecule has 0 bridgehead atoms. The minimum Gasteiger partial charge on any atom is -0.299 e. The molecule has 0 aliphatic carbocycles. The summed E-state index contributed by atoms with van der Waals surface area (Å²) in [7, 11) is -1.38. The third-order valence-corrected chi connectivity index (χ3v) is 7.59. The SMILES string of the molecule is CN1CCCC12Cc1ccccc1CN(S(=O)(=O)c1ccccc1)C2. The molecular weight excluding hydrogens is 332 g/mol. The lowest BCUT2D eigenvalue weighted by Gasteiger charge is -2.38. The van der Waals surface area contributed by atoms with Gasteiger partial charge in [-0.2, -0.15) is 4.31 Å². The molecule has 2 heterocycles. The second-order valence-corrected chi connectivity index (χ2v) is 9.22. The molecule has 4 rings (SSSR count). The minimum absolute atomic E-state index is 0.103. The van der Waals surface area contributed by atoms with Crippen molar-refractivity contribution in [3.8, 4) is 0 Å². The van der Waals surface area contributed by atoms with Gasteiger partial charge in [0.2, 0.25) is 10.0 Å². The van der Waals surface area contributed by atoms with Gasteiger partial charge in [0.15, 0.2) is 0 Å². The molecule has 0 N–H and O–H groups in total. The molecule has 4 nitrogen and oxygen atoms in total. The molecule has 5 heteroatoms. The lowest BCUT2D eigenvalue weighted by molar-refractivity contribution is 0.143. The van der Waals surface area contributed by atoms with Crippen molar-refractivity contribution in [3.05, 3.63) is 65.7 Å². The molecule has 1 unspecified atom stereocenters. The van der Waals surface area contributed by atoms with Crippen molar-refractivity contribution in [1.82, 2.24) is 9.21 Å². The number of hydrogen-bond donors (Lipinski definition) is 0. The van der Waals surface area contributed by atoms with E-state index in [1.54, 1.807) is 28.6 Å². The molecule has 2 aliphatic rings. The van der Waals surface area contributed by atoms with Crippen LogP contribution in [0.3, 0.4) is 0 Å². The van der Waals surface area contributed by atoms with Crippen molar-refractivity contribution >= 4 is 10.0 Å². The van der Waals surface area contributed by atoms with Crippen molar-refractivity contribution < 1.29 is 8.42 Å². The van der Waals surface area contributed by atoms with E-state index in [1.165, 1.54) is 5.56 Å². The van der Waals surface area contributed by atoms with Crippen LogP contribution in [0.25, 0.3) is 0 Å². The predicted molar refractivity (Wildman–Crippen MR) is 98.8 cm³/mol. The minimum atomic E-state index is -3.51. The van der Waals surface area contributed by atoms with Crippen LogP contribution in [0.4, 0.5) is 0 Å². The summed E-state index contributed by atoms with van der Waals surface area (Å²) in [4.78, 5) is 2.74. The zero-order valence-corrected chi connectivity index (χ0v) is 15.4. The van der Waals surface area contributed by atoms with Gasteiger partial charge in [-0.3, -0.25) is 4.90 Å². The van der Waals surface area contributed by atoms with E-state index in [4.69, 9.17) is 0 Å². The fraction of sp³-hybridized carbons (Fsp3) is 0.400. The van der Waals surface area contributed by atoms with Crippen LogP contribution in [0.1, 0.15) is 24.0 Å². The zero-order valence-electron chi connectivity index (χ0n) is 14.6. The molecule has 0 amide bonds. The average molecular weight is 356 g/mol. The summed E-state index contributed by atoms with van der Waals surface area (Å²) in [5.74, 6) is 0. The van der Waals surface area contributed by atoms with Gasteiger partial charge in [0.1, 0.15) is 0 Å². The molecule has 25 heavy (non-hydrogen) atoms. The Morgan fingerprint density at radius 1 is 0.960 bits per heavy atom. The maximum Gasteiger partial charge on any atom is 0.243 e. The summed E-state index contributed by atoms with van der Waals surface area (Å²) in [6.45, 7) is 2.03. The Labute approximate surface area is 150 Å². The van der Waals surface area contributed by atoms with Gasteiger partial charge in [0.25, 0.3) is 0 Å². The maximum absolute atomic E-state index is 13.3. The Kier molecular flexibility index (Phi) is 4.18. The van der Waals surface area contributed by atoms with E-state index in [1.807, 2.05) is 12.1 Å². The first-order valence-corrected chi connectivity index (χ1v) is 10.3. The van der Waals surface area contributed by atoms with Crippen molar-refractivity contribution in [2.45, 2.75) is 36.2 Å². The van der Waals surface area contributed by atoms with Crippen LogP contribution < -0.4 is 0 Å². The fourth-order valence-corrected chi connectivity index (χ4v) is 5.80. The highest BCUT2D eigenvalue weighted by atomic mass is 32.2. The van der Waals surface area contributed by atoms with Crippen molar-refractivity contribution in [2.75, 3.05) is 20.1 Å². The molecule has 2 aliphatic heterocycles. The molecule has 0 aromatic heterocycles. The van der Waals surface area contributed by atoms with Crippen LogP contribution in [0.15, 0.2) is 59.5 Å². The van der Waals surface area contributed by atoms with E-state index < -0.39 is 10.0 Å². The Balaban J connectivity index is 1.80. The normalized spacial score (nSPS) is 25.0. The number of fused-ring (bicyclic) bond motifs is 1. The van der Waals surface area contributed by atoms with Gasteiger partial charge < -0.3 is 0 Å². The Bertz CT molecular complexity index is 866. The number of rotatable bonds is 2. The van der Waals surface area contributed by atoms with Crippen LogP contribution >= 0.6 is 0 Å². The number of sulfonamides is 1. The van der Waals surface area contributed by atoms with E-state index in [9.17, 15) is 8.42 Å². The van der Waals surface area contributed by atoms with E-state index in [0.29, 0.717) is 18.0 Å². The molecule has 132 valence electrons. The van der Waals surface area contributed by atoms with Crippen LogP contribution in [-0.4, -0.2) is 43.3 Å². The van der Waals surface area contributed by atoms with E-state index in [-0.39, 0.29) is 5.54 Å². The van der Waals surface area contributed by atoms with E-state index >= 15 is 0 Å². The first kappa shape index (κ1) is 16.8. The van der Waals surface area contributed by atoms with E-state index in [0.717, 1.165) is 31.4 Å². The molecular formula is C20H24N2O2S. The Morgan fingerprint density at radius 2 is 1.64 bits per heavy atom. The number of benzene rings is 2. The summed E-state index contributed by atoms with van der Waals surface area (Å²) >= 11 is 0. The topological polar surface area (TPSA) is 40.6 Å². The Morgan fingerprint density at radius 3 is 2.32 bits per heavy atom. The molecule has 2 aromatic carbocycles. The summed E-state index contributed by atoms with van der Waals surface area (Å²) < 4.78 is 28.3. The quantitative estimate of drug-likeness (QED) is 0.831. The van der Waals surface area contributed by atoms with Crippen LogP contribution in [-0.2, 0) is 23.0 Å². The highest BCUT2D eigenvalue weighted by molar-refractivity contribution is 7.89. The number of likely N-dealkylation sites (tertiary alicyclic amines) is 1. The molecule has 1 atom stereocenters. The van der Waals surface area contributed by atoms with Crippen LogP contribution in [0, 0.1) is 0 Å². The monoisotopic (exact) mass is 356 g/mol. The van der Waals surface area contributed by atoms with Gasteiger partial charge in [-0.05, 0) is 56.1 Å². The summed E-state index contributed by atoms with van der Waals surface area (Å²) in [6.07, 6.45) is 3.08. The van der Waals surface area contributed by atoms with Crippen LogP contribution in [0.2, 0.25) is 0 Å². The van der Waals surface area contributed by atoms with E-state index in [2.05, 4.69) is 30.1 Å². The largest absolute Gasteiger partial charge is 0.299 e. The first-order valence-electron chi connectivity index (χ1n) is 8.85. The molecule has 1 fully saturated rings. The van der Waals surface area contributed by atoms with Gasteiger partial charge in [-0.15, -0.1) is 0 Å². The smallest absolute Gasteiger partial charge is 0.243 e. The molecule has 1 spiro atoms. The second-order valence-electron chi connectivity index (χ2n) is 7.28. The van der Waals surface area contributed by atoms with Gasteiger partial charge in [0, 0.05) is 18.6 Å². The standard InChI is InChI=1S/C20H24N2O2S/c1-21-13-7-12-20(21)14-17-8-5-6-9-18(17)15-22(16-20)25(23,24)19-10-3-2-4-11-19/h2-6,8-11H,7,12-16H2,1H3. The van der Waals surface area contributed by atoms with Gasteiger partial charge in [-0.1, -0.05) is 42.5 Å². The summed E-state index contributed by atoms with van der Waals surface area (Å²) in [5.41, 5.74) is 2.30. The zero-order chi connectivity index (χ0) is 17.5. The summed E-state index contributed by atoms with van der Waals surface area (Å²) in [5, 5.41) is 0. The third kappa shape index (κ3) is 2.90. The van der Waals surface area contributed by atoms with Crippen molar-refractivity contribution in [2.24, 2.45) is 0 Å². The lowest BCUT2D eigenvalue weighted by atomic mass is 9.88. The second kappa shape index (κ2) is 6.24. The highest BCUT2D eigenvalue weighted by Gasteiger charge is 2.44. The molecule has 0 radical (unpaired) electrons. The van der Waals surface area contributed by atoms with Gasteiger partial charge in [-0.25, -0.2) is 8.42 Å². The van der Waals surface area contributed by atoms with Gasteiger partial charge in [0.05, 0.1) is 4.90 Å².